The van der Waals surface area contributed by atoms with E-state index in [2.05, 4.69) is 6.07 Å². The van der Waals surface area contributed by atoms with Crippen LogP contribution in [-0.4, -0.2) is 24.4 Å². The number of rotatable bonds is 5. The molecule has 2 fully saturated rings. The van der Waals surface area contributed by atoms with Crippen molar-refractivity contribution in [1.29, 1.82) is 5.26 Å². The highest BCUT2D eigenvalue weighted by Gasteiger charge is 2.45. The Bertz CT molecular complexity index is 576. The van der Waals surface area contributed by atoms with Crippen LogP contribution in [0.1, 0.15) is 49.7 Å². The van der Waals surface area contributed by atoms with Crippen LogP contribution in [0.4, 0.5) is 0 Å². The average molecular weight is 296 g/mol. The van der Waals surface area contributed by atoms with Gasteiger partial charge in [-0.3, -0.25) is 4.79 Å². The van der Waals surface area contributed by atoms with E-state index in [0.717, 1.165) is 25.3 Å². The van der Waals surface area contributed by atoms with Gasteiger partial charge < -0.3 is 4.90 Å². The molecule has 22 heavy (non-hydrogen) atoms. The molecule has 0 spiro atoms. The molecule has 1 amide bonds. The lowest BCUT2D eigenvalue weighted by atomic mass is 9.81. The predicted molar refractivity (Wildman–Crippen MR) is 86.1 cm³/mol. The third kappa shape index (κ3) is 3.16. The van der Waals surface area contributed by atoms with Gasteiger partial charge in [0.05, 0.1) is 11.6 Å². The van der Waals surface area contributed by atoms with Gasteiger partial charge in [-0.2, -0.15) is 5.26 Å². The van der Waals surface area contributed by atoms with Crippen LogP contribution in [0.25, 0.3) is 0 Å². The molecule has 1 aromatic carbocycles. The van der Waals surface area contributed by atoms with Crippen LogP contribution in [0.3, 0.4) is 0 Å². The van der Waals surface area contributed by atoms with E-state index in [9.17, 15) is 4.79 Å². The third-order valence-corrected chi connectivity index (χ3v) is 5.66. The molecule has 3 heteroatoms. The van der Waals surface area contributed by atoms with Crippen LogP contribution < -0.4 is 0 Å². The van der Waals surface area contributed by atoms with Gasteiger partial charge in [-0.1, -0.05) is 12.1 Å². The fourth-order valence-electron chi connectivity index (χ4n) is 4.18. The minimum absolute atomic E-state index is 0.302. The number of likely N-dealkylation sites (N-methyl/N-ethyl adjacent to an activating group) is 1. The van der Waals surface area contributed by atoms with Gasteiger partial charge in [0.2, 0.25) is 5.91 Å². The van der Waals surface area contributed by atoms with Crippen molar-refractivity contribution in [2.24, 2.45) is 11.3 Å². The maximum atomic E-state index is 12.5. The van der Waals surface area contributed by atoms with Crippen molar-refractivity contribution in [3.05, 3.63) is 35.4 Å². The summed E-state index contributed by atoms with van der Waals surface area (Å²) in [5, 5.41) is 8.80. The highest BCUT2D eigenvalue weighted by molar-refractivity contribution is 5.76. The summed E-state index contributed by atoms with van der Waals surface area (Å²) in [5.74, 6) is 1.20. The van der Waals surface area contributed by atoms with E-state index in [1.54, 1.807) is 0 Å². The number of fused-ring (bicyclic) bond motifs is 2. The minimum Gasteiger partial charge on any atom is -0.345 e. The van der Waals surface area contributed by atoms with E-state index >= 15 is 0 Å². The molecule has 0 radical (unpaired) electrons. The summed E-state index contributed by atoms with van der Waals surface area (Å²) in [5.41, 5.74) is 2.20. The normalized spacial score (nSPS) is 25.9. The van der Waals surface area contributed by atoms with Crippen molar-refractivity contribution >= 4 is 5.91 Å². The molecule has 1 aromatic rings. The third-order valence-electron chi connectivity index (χ3n) is 5.66. The van der Waals surface area contributed by atoms with Gasteiger partial charge in [-0.15, -0.1) is 0 Å². The molecule has 0 aliphatic heterocycles. The maximum Gasteiger partial charge on any atom is 0.222 e. The van der Waals surface area contributed by atoms with Crippen LogP contribution in [0, 0.1) is 22.7 Å². The number of hydrogen-bond acceptors (Lipinski definition) is 2. The molecular weight excluding hydrogens is 272 g/mol. The molecule has 116 valence electrons. The molecule has 0 aromatic heterocycles. The van der Waals surface area contributed by atoms with Crippen molar-refractivity contribution in [1.82, 2.24) is 4.90 Å². The number of hydrogen-bond donors (Lipinski definition) is 0. The van der Waals surface area contributed by atoms with Crippen LogP contribution in [0.2, 0.25) is 0 Å². The Morgan fingerprint density at radius 2 is 2.00 bits per heavy atom. The number of nitrogens with zero attached hydrogens (tertiary/aromatic N) is 2. The molecular formula is C19H24N2O. The lowest BCUT2D eigenvalue weighted by Crippen LogP contribution is -2.33. The quantitative estimate of drug-likeness (QED) is 0.834. The second-order valence-corrected chi connectivity index (χ2v) is 7.20. The summed E-state index contributed by atoms with van der Waals surface area (Å²) in [4.78, 5) is 14.4. The summed E-state index contributed by atoms with van der Waals surface area (Å²) in [6.07, 6.45) is 8.06. The highest BCUT2D eigenvalue weighted by atomic mass is 16.2. The van der Waals surface area contributed by atoms with Gasteiger partial charge in [0.25, 0.3) is 0 Å². The number of nitriles is 1. The Morgan fingerprint density at radius 1 is 1.32 bits per heavy atom. The van der Waals surface area contributed by atoms with Crippen LogP contribution in [-0.2, 0) is 11.2 Å². The van der Waals surface area contributed by atoms with Crippen molar-refractivity contribution in [2.75, 3.05) is 13.6 Å². The Labute approximate surface area is 132 Å². The molecule has 2 aliphatic carbocycles. The maximum absolute atomic E-state index is 12.5. The SMILES string of the molecule is CN(CCc1ccc(C#N)cc1)C(=O)CC12CCC(CC1)C2. The molecule has 0 heterocycles. The average Bonchev–Trinajstić information content (AvgIpc) is 3.13. The first-order valence-corrected chi connectivity index (χ1v) is 8.33. The molecule has 2 bridgehead atoms. The van der Waals surface area contributed by atoms with Crippen molar-refractivity contribution in [3.63, 3.8) is 0 Å². The second-order valence-electron chi connectivity index (χ2n) is 7.20. The zero-order valence-corrected chi connectivity index (χ0v) is 13.3. The Morgan fingerprint density at radius 3 is 2.55 bits per heavy atom. The van der Waals surface area contributed by atoms with Crippen molar-refractivity contribution in [2.45, 2.75) is 44.9 Å². The largest absolute Gasteiger partial charge is 0.345 e. The number of carbonyl (C=O) groups excluding carboxylic acids is 1. The van der Waals surface area contributed by atoms with E-state index in [1.165, 1.54) is 37.7 Å². The van der Waals surface area contributed by atoms with E-state index in [-0.39, 0.29) is 0 Å². The molecule has 2 saturated carbocycles. The van der Waals surface area contributed by atoms with Crippen molar-refractivity contribution < 1.29 is 4.79 Å². The molecule has 0 atom stereocenters. The highest BCUT2D eigenvalue weighted by Crippen LogP contribution is 2.56. The first kappa shape index (κ1) is 15.1. The Balaban J connectivity index is 1.49. The molecule has 2 aliphatic rings. The molecule has 0 N–H and O–H groups in total. The molecule has 0 unspecified atom stereocenters. The van der Waals surface area contributed by atoms with Gasteiger partial charge >= 0.3 is 0 Å². The minimum atomic E-state index is 0.302. The lowest BCUT2D eigenvalue weighted by Gasteiger charge is -2.28. The number of amides is 1. The van der Waals surface area contributed by atoms with E-state index < -0.39 is 0 Å². The summed E-state index contributed by atoms with van der Waals surface area (Å²) < 4.78 is 0. The number of benzene rings is 1. The Kier molecular flexibility index (Phi) is 4.20. The predicted octanol–water partition coefficient (Wildman–Crippen LogP) is 3.53. The second kappa shape index (κ2) is 6.12. The van der Waals surface area contributed by atoms with Gasteiger partial charge in [-0.05, 0) is 67.6 Å². The van der Waals surface area contributed by atoms with E-state index in [1.807, 2.05) is 36.2 Å². The first-order chi connectivity index (χ1) is 10.6. The van der Waals surface area contributed by atoms with Crippen molar-refractivity contribution in [3.8, 4) is 6.07 Å². The Hall–Kier alpha value is -1.82. The van der Waals surface area contributed by atoms with Gasteiger partial charge in [0, 0.05) is 20.0 Å². The van der Waals surface area contributed by atoms with E-state index in [0.29, 0.717) is 16.9 Å². The fraction of sp³-hybridized carbons (Fsp3) is 0.579. The van der Waals surface area contributed by atoms with E-state index in [4.69, 9.17) is 5.26 Å². The summed E-state index contributed by atoms with van der Waals surface area (Å²) in [6.45, 7) is 0.754. The standard InChI is InChI=1S/C19H24N2O/c1-21(11-8-15-2-4-17(14-20)5-3-15)18(22)13-19-9-6-16(12-19)7-10-19/h2-5,16H,6-13H2,1H3. The summed E-state index contributed by atoms with van der Waals surface area (Å²) in [6, 6.07) is 9.77. The van der Waals surface area contributed by atoms with Gasteiger partial charge in [0.15, 0.2) is 0 Å². The van der Waals surface area contributed by atoms with Crippen LogP contribution >= 0.6 is 0 Å². The molecule has 0 saturated heterocycles. The monoisotopic (exact) mass is 296 g/mol. The summed E-state index contributed by atoms with van der Waals surface area (Å²) >= 11 is 0. The zero-order chi connectivity index (χ0) is 15.6. The first-order valence-electron chi connectivity index (χ1n) is 8.33. The van der Waals surface area contributed by atoms with Crippen LogP contribution in [0.5, 0.6) is 0 Å². The van der Waals surface area contributed by atoms with Gasteiger partial charge in [0.1, 0.15) is 0 Å². The fourth-order valence-corrected chi connectivity index (χ4v) is 4.18. The molecule has 3 rings (SSSR count). The summed E-state index contributed by atoms with van der Waals surface area (Å²) in [7, 11) is 1.92. The molecule has 3 nitrogen and oxygen atoms in total. The zero-order valence-electron chi connectivity index (χ0n) is 13.3. The number of carbonyl (C=O) groups is 1. The lowest BCUT2D eigenvalue weighted by molar-refractivity contribution is -0.132. The van der Waals surface area contributed by atoms with Gasteiger partial charge in [-0.25, -0.2) is 0 Å². The smallest absolute Gasteiger partial charge is 0.222 e. The van der Waals surface area contributed by atoms with Crippen LogP contribution in [0.15, 0.2) is 24.3 Å². The topological polar surface area (TPSA) is 44.1 Å².